The number of hydrogen-bond donors (Lipinski definition) is 1. The van der Waals surface area contributed by atoms with Crippen molar-refractivity contribution in [2.24, 2.45) is 0 Å². The number of amides is 1. The Kier molecular flexibility index (Phi) is 4.14. The van der Waals surface area contributed by atoms with Crippen LogP contribution in [0.25, 0.3) is 0 Å². The molecule has 1 aliphatic rings. The van der Waals surface area contributed by atoms with Gasteiger partial charge in [-0.25, -0.2) is 4.98 Å². The van der Waals surface area contributed by atoms with Crippen molar-refractivity contribution < 1.29 is 18.0 Å². The van der Waals surface area contributed by atoms with Crippen LogP contribution in [0.2, 0.25) is 0 Å². The number of carbonyl (C=O) groups is 1. The third-order valence-corrected chi connectivity index (χ3v) is 5.00. The average Bonchev–Trinajstić information content (AvgIpc) is 3.17. The van der Waals surface area contributed by atoms with E-state index in [1.165, 1.54) is 35.7 Å². The molecule has 0 bridgehead atoms. The molecule has 1 N–H and O–H groups in total. The largest absolute Gasteiger partial charge is 0.446 e. The van der Waals surface area contributed by atoms with Crippen molar-refractivity contribution in [3.05, 3.63) is 40.3 Å². The smallest absolute Gasteiger partial charge is 0.320 e. The number of nitrogens with zero attached hydrogens (tertiary/aromatic N) is 1. The van der Waals surface area contributed by atoms with Gasteiger partial charge in [0.05, 0.1) is 16.9 Å². The van der Waals surface area contributed by atoms with E-state index in [0.717, 1.165) is 17.8 Å². The van der Waals surface area contributed by atoms with Crippen molar-refractivity contribution in [3.8, 4) is 0 Å². The summed E-state index contributed by atoms with van der Waals surface area (Å²) in [4.78, 5) is 16.7. The summed E-state index contributed by atoms with van der Waals surface area (Å²) in [6.07, 6.45) is 3.65. The summed E-state index contributed by atoms with van der Waals surface area (Å²) in [5.41, 5.74) is -4.25. The van der Waals surface area contributed by atoms with Crippen LogP contribution >= 0.6 is 23.1 Å². The van der Waals surface area contributed by atoms with Crippen molar-refractivity contribution in [2.45, 2.75) is 29.2 Å². The zero-order valence-electron chi connectivity index (χ0n) is 11.2. The van der Waals surface area contributed by atoms with Crippen LogP contribution in [0.3, 0.4) is 0 Å². The van der Waals surface area contributed by atoms with Gasteiger partial charge in [-0.1, -0.05) is 12.1 Å². The lowest BCUT2D eigenvalue weighted by molar-refractivity contribution is -0.0328. The molecule has 1 aromatic carbocycles. The van der Waals surface area contributed by atoms with E-state index >= 15 is 0 Å². The highest BCUT2D eigenvalue weighted by molar-refractivity contribution is 8.00. The number of rotatable bonds is 4. The number of alkyl halides is 3. The molecule has 3 nitrogen and oxygen atoms in total. The Balaban J connectivity index is 1.75. The minimum Gasteiger partial charge on any atom is -0.320 e. The van der Waals surface area contributed by atoms with Gasteiger partial charge in [0.1, 0.15) is 4.88 Å². The predicted molar refractivity (Wildman–Crippen MR) is 80.4 cm³/mol. The van der Waals surface area contributed by atoms with Crippen LogP contribution in [-0.4, -0.2) is 16.4 Å². The molecule has 0 atom stereocenters. The van der Waals surface area contributed by atoms with Gasteiger partial charge < -0.3 is 5.32 Å². The first-order valence-electron chi connectivity index (χ1n) is 6.54. The molecule has 22 heavy (non-hydrogen) atoms. The Morgan fingerprint density at radius 2 is 2.05 bits per heavy atom. The Morgan fingerprint density at radius 3 is 2.73 bits per heavy atom. The molecule has 1 saturated carbocycles. The van der Waals surface area contributed by atoms with E-state index in [4.69, 9.17) is 0 Å². The summed E-state index contributed by atoms with van der Waals surface area (Å²) < 4.78 is 37.6. The lowest BCUT2D eigenvalue weighted by Gasteiger charge is -2.11. The Hall–Kier alpha value is -1.54. The minimum atomic E-state index is -4.40. The second-order valence-corrected chi connectivity index (χ2v) is 7.00. The van der Waals surface area contributed by atoms with Crippen LogP contribution in [0.4, 0.5) is 18.9 Å². The van der Waals surface area contributed by atoms with Gasteiger partial charge in [0, 0.05) is 10.8 Å². The first kappa shape index (κ1) is 15.4. The molecule has 116 valence electrons. The van der Waals surface area contributed by atoms with Gasteiger partial charge in [-0.05, 0) is 36.7 Å². The van der Waals surface area contributed by atoms with Gasteiger partial charge in [-0.3, -0.25) is 4.79 Å². The Morgan fingerprint density at radius 1 is 1.32 bits per heavy atom. The first-order chi connectivity index (χ1) is 10.4. The molecule has 0 spiro atoms. The third-order valence-electron chi connectivity index (χ3n) is 3.03. The second kappa shape index (κ2) is 5.92. The van der Waals surface area contributed by atoms with Crippen LogP contribution in [0, 0.1) is 0 Å². The number of aromatic nitrogens is 1. The molecule has 1 amide bonds. The van der Waals surface area contributed by atoms with Crippen LogP contribution in [-0.2, 0) is 0 Å². The zero-order chi connectivity index (χ0) is 15.7. The average molecular weight is 344 g/mol. The lowest BCUT2D eigenvalue weighted by atomic mass is 10.3. The number of thiazole rings is 1. The van der Waals surface area contributed by atoms with E-state index in [9.17, 15) is 18.0 Å². The van der Waals surface area contributed by atoms with Crippen molar-refractivity contribution >= 4 is 34.7 Å². The monoisotopic (exact) mass is 344 g/mol. The molecule has 0 saturated heterocycles. The molecule has 0 aliphatic heterocycles. The fourth-order valence-corrected chi connectivity index (χ4v) is 3.49. The topological polar surface area (TPSA) is 42.0 Å². The molecule has 1 aromatic heterocycles. The van der Waals surface area contributed by atoms with Crippen molar-refractivity contribution in [2.75, 3.05) is 5.32 Å². The number of thioether (sulfide) groups is 1. The molecule has 1 heterocycles. The highest BCUT2D eigenvalue weighted by Crippen LogP contribution is 2.42. The molecular formula is C14H11F3N2OS2. The van der Waals surface area contributed by atoms with E-state index in [1.54, 1.807) is 6.07 Å². The normalized spacial score (nSPS) is 14.9. The molecule has 0 unspecified atom stereocenters. The summed E-state index contributed by atoms with van der Waals surface area (Å²) in [5, 5.41) is 3.45. The summed E-state index contributed by atoms with van der Waals surface area (Å²) in [6, 6.07) is 5.87. The van der Waals surface area contributed by atoms with Gasteiger partial charge in [-0.15, -0.1) is 11.3 Å². The molecule has 3 rings (SSSR count). The van der Waals surface area contributed by atoms with E-state index < -0.39 is 11.4 Å². The van der Waals surface area contributed by atoms with Crippen LogP contribution in [0.1, 0.15) is 33.4 Å². The summed E-state index contributed by atoms with van der Waals surface area (Å²) >= 11 is 1.06. The highest BCUT2D eigenvalue weighted by atomic mass is 32.2. The Labute approximate surface area is 132 Å². The van der Waals surface area contributed by atoms with Gasteiger partial charge in [0.2, 0.25) is 0 Å². The SMILES string of the molecule is O=C(Nc1ccccc1SC(F)(F)F)c1cnc(C2CC2)s1. The van der Waals surface area contributed by atoms with Crippen LogP contribution in [0.5, 0.6) is 0 Å². The first-order valence-corrected chi connectivity index (χ1v) is 8.17. The molecule has 1 fully saturated rings. The molecule has 8 heteroatoms. The Bertz CT molecular complexity index is 695. The number of hydrogen-bond acceptors (Lipinski definition) is 4. The standard InChI is InChI=1S/C14H11F3N2OS2/c15-14(16,17)22-10-4-2-1-3-9(10)19-12(20)11-7-18-13(21-11)8-5-6-8/h1-4,7-8H,5-6H2,(H,19,20). The summed E-state index contributed by atoms with van der Waals surface area (Å²) in [6.45, 7) is 0. The summed E-state index contributed by atoms with van der Waals surface area (Å²) in [7, 11) is 0. The van der Waals surface area contributed by atoms with Crippen molar-refractivity contribution in [3.63, 3.8) is 0 Å². The fourth-order valence-electron chi connectivity index (χ4n) is 1.88. The van der Waals surface area contributed by atoms with Crippen molar-refractivity contribution in [1.82, 2.24) is 4.98 Å². The highest BCUT2D eigenvalue weighted by Gasteiger charge is 2.31. The van der Waals surface area contributed by atoms with Crippen molar-refractivity contribution in [1.29, 1.82) is 0 Å². The number of carbonyl (C=O) groups excluding carboxylic acids is 1. The van der Waals surface area contributed by atoms with Gasteiger partial charge in [-0.2, -0.15) is 13.2 Å². The molecule has 0 radical (unpaired) electrons. The van der Waals surface area contributed by atoms with Gasteiger partial charge >= 0.3 is 5.51 Å². The number of nitrogens with one attached hydrogen (secondary N) is 1. The third kappa shape index (κ3) is 3.80. The van der Waals surface area contributed by atoms with E-state index in [-0.39, 0.29) is 22.3 Å². The number of anilines is 1. The minimum absolute atomic E-state index is 0.0321. The van der Waals surface area contributed by atoms with Gasteiger partial charge in [0.25, 0.3) is 5.91 Å². The van der Waals surface area contributed by atoms with E-state index in [2.05, 4.69) is 10.3 Å². The lowest BCUT2D eigenvalue weighted by Crippen LogP contribution is -2.11. The maximum absolute atomic E-state index is 12.5. The molecule has 1 aliphatic carbocycles. The van der Waals surface area contributed by atoms with E-state index in [1.807, 2.05) is 0 Å². The fraction of sp³-hybridized carbons (Fsp3) is 0.286. The quantitative estimate of drug-likeness (QED) is 0.804. The second-order valence-electron chi connectivity index (χ2n) is 4.84. The molecule has 2 aromatic rings. The number of benzene rings is 1. The number of para-hydroxylation sites is 1. The van der Waals surface area contributed by atoms with Gasteiger partial charge in [0.15, 0.2) is 0 Å². The van der Waals surface area contributed by atoms with Crippen LogP contribution < -0.4 is 5.32 Å². The molecular weight excluding hydrogens is 333 g/mol. The number of halogens is 3. The summed E-state index contributed by atoms with van der Waals surface area (Å²) in [5.74, 6) is 0.0132. The maximum atomic E-state index is 12.5. The van der Waals surface area contributed by atoms with E-state index in [0.29, 0.717) is 10.8 Å². The maximum Gasteiger partial charge on any atom is 0.446 e. The predicted octanol–water partition coefficient (Wildman–Crippen LogP) is 4.88. The zero-order valence-corrected chi connectivity index (χ0v) is 12.8. The van der Waals surface area contributed by atoms with Crippen LogP contribution in [0.15, 0.2) is 35.4 Å².